The number of rotatable bonds is 6. The summed E-state index contributed by atoms with van der Waals surface area (Å²) >= 11 is 0. The molecule has 6 nitrogen and oxygen atoms in total. The highest BCUT2D eigenvalue weighted by molar-refractivity contribution is 7.89. The molecular weight excluding hydrogens is 328 g/mol. The van der Waals surface area contributed by atoms with Crippen LogP contribution in [0.3, 0.4) is 0 Å². The summed E-state index contributed by atoms with van der Waals surface area (Å²) in [4.78, 5) is 26.4. The number of carbonyl (C=O) groups is 2. The Labute approximate surface area is 143 Å². The number of benzene rings is 1. The van der Waals surface area contributed by atoms with Gasteiger partial charge in [0.2, 0.25) is 11.8 Å². The summed E-state index contributed by atoms with van der Waals surface area (Å²) < 4.78 is 26.5. The first-order valence-electron chi connectivity index (χ1n) is 8.18. The smallest absolute Gasteiger partial charge is 0.267 e. The largest absolute Gasteiger partial charge is 0.344 e. The van der Waals surface area contributed by atoms with E-state index < -0.39 is 22.0 Å². The standard InChI is InChI=1S/C17H24N2O4S/c1-4-5-12-18(3)17(21)15-10-11-16(20)19(15)24(22,23)14-8-6-13(2)7-9-14/h6-9,15H,4-5,10-12H2,1-3H3. The molecule has 1 aliphatic rings. The molecule has 1 unspecified atom stereocenters. The third kappa shape index (κ3) is 3.61. The second-order valence-corrected chi connectivity index (χ2v) is 7.99. The van der Waals surface area contributed by atoms with Crippen molar-refractivity contribution in [3.8, 4) is 0 Å². The van der Waals surface area contributed by atoms with Crippen molar-refractivity contribution in [2.45, 2.75) is 50.5 Å². The molecule has 132 valence electrons. The van der Waals surface area contributed by atoms with Crippen LogP contribution in [0, 0.1) is 6.92 Å². The number of hydrogen-bond acceptors (Lipinski definition) is 4. The van der Waals surface area contributed by atoms with E-state index in [-0.39, 0.29) is 23.6 Å². The molecule has 0 radical (unpaired) electrons. The summed E-state index contributed by atoms with van der Waals surface area (Å²) in [6.45, 7) is 4.43. The Morgan fingerprint density at radius 3 is 2.50 bits per heavy atom. The van der Waals surface area contributed by atoms with E-state index in [0.29, 0.717) is 6.54 Å². The fourth-order valence-electron chi connectivity index (χ4n) is 2.77. The van der Waals surface area contributed by atoms with E-state index in [9.17, 15) is 18.0 Å². The van der Waals surface area contributed by atoms with E-state index in [4.69, 9.17) is 0 Å². The first kappa shape index (κ1) is 18.4. The summed E-state index contributed by atoms with van der Waals surface area (Å²) in [5, 5.41) is 0. The SMILES string of the molecule is CCCCN(C)C(=O)C1CCC(=O)N1S(=O)(=O)c1ccc(C)cc1. The van der Waals surface area contributed by atoms with Crippen molar-refractivity contribution >= 4 is 21.8 Å². The van der Waals surface area contributed by atoms with Crippen molar-refractivity contribution in [2.75, 3.05) is 13.6 Å². The molecule has 0 spiro atoms. The number of likely N-dealkylation sites (N-methyl/N-ethyl adjacent to an activating group) is 1. The van der Waals surface area contributed by atoms with Crippen LogP contribution in [0.15, 0.2) is 29.2 Å². The average molecular weight is 352 g/mol. The van der Waals surface area contributed by atoms with Crippen molar-refractivity contribution in [2.24, 2.45) is 0 Å². The quantitative estimate of drug-likeness (QED) is 0.784. The Kier molecular flexibility index (Phi) is 5.64. The molecule has 2 amide bonds. The van der Waals surface area contributed by atoms with Gasteiger partial charge in [-0.05, 0) is 31.9 Å². The predicted octanol–water partition coefficient (Wildman–Crippen LogP) is 1.93. The van der Waals surface area contributed by atoms with Crippen LogP contribution in [0.5, 0.6) is 0 Å². The molecule has 7 heteroatoms. The Morgan fingerprint density at radius 2 is 1.92 bits per heavy atom. The topological polar surface area (TPSA) is 74.8 Å². The highest BCUT2D eigenvalue weighted by atomic mass is 32.2. The van der Waals surface area contributed by atoms with Crippen molar-refractivity contribution in [1.29, 1.82) is 0 Å². The Hall–Kier alpha value is -1.89. The van der Waals surface area contributed by atoms with E-state index in [0.717, 1.165) is 22.7 Å². The van der Waals surface area contributed by atoms with E-state index >= 15 is 0 Å². The molecule has 0 aliphatic carbocycles. The summed E-state index contributed by atoms with van der Waals surface area (Å²) in [7, 11) is -2.37. The third-order valence-electron chi connectivity index (χ3n) is 4.25. The zero-order chi connectivity index (χ0) is 17.9. The van der Waals surface area contributed by atoms with Gasteiger partial charge in [0.25, 0.3) is 10.0 Å². The minimum atomic E-state index is -4.02. The molecule has 0 N–H and O–H groups in total. The summed E-state index contributed by atoms with van der Waals surface area (Å²) in [5.74, 6) is -0.831. The predicted molar refractivity (Wildman–Crippen MR) is 90.8 cm³/mol. The molecule has 1 aliphatic heterocycles. The lowest BCUT2D eigenvalue weighted by molar-refractivity contribution is -0.136. The van der Waals surface area contributed by atoms with E-state index in [2.05, 4.69) is 0 Å². The second-order valence-electron chi connectivity index (χ2n) is 6.18. The fourth-order valence-corrected chi connectivity index (χ4v) is 4.37. The number of nitrogens with zero attached hydrogens (tertiary/aromatic N) is 2. The first-order valence-corrected chi connectivity index (χ1v) is 9.62. The number of aryl methyl sites for hydroxylation is 1. The maximum Gasteiger partial charge on any atom is 0.267 e. The van der Waals surface area contributed by atoms with Gasteiger partial charge in [-0.1, -0.05) is 31.0 Å². The molecule has 1 fully saturated rings. The van der Waals surface area contributed by atoms with Gasteiger partial charge in [0.15, 0.2) is 0 Å². The van der Waals surface area contributed by atoms with E-state index in [1.54, 1.807) is 19.2 Å². The molecule has 0 bridgehead atoms. The minimum Gasteiger partial charge on any atom is -0.344 e. The first-order chi connectivity index (χ1) is 11.3. The van der Waals surface area contributed by atoms with Crippen LogP contribution in [-0.2, 0) is 19.6 Å². The fraction of sp³-hybridized carbons (Fsp3) is 0.529. The highest BCUT2D eigenvalue weighted by Crippen LogP contribution is 2.28. The van der Waals surface area contributed by atoms with Gasteiger partial charge in [-0.15, -0.1) is 0 Å². The second kappa shape index (κ2) is 7.34. The van der Waals surface area contributed by atoms with Crippen molar-refractivity contribution in [3.05, 3.63) is 29.8 Å². The Morgan fingerprint density at radius 1 is 1.29 bits per heavy atom. The van der Waals surface area contributed by atoms with Gasteiger partial charge in [-0.2, -0.15) is 0 Å². The van der Waals surface area contributed by atoms with Gasteiger partial charge < -0.3 is 4.90 Å². The molecule has 1 saturated heterocycles. The summed E-state index contributed by atoms with van der Waals surface area (Å²) in [6.07, 6.45) is 2.09. The molecule has 1 heterocycles. The normalized spacial score (nSPS) is 18.0. The summed E-state index contributed by atoms with van der Waals surface area (Å²) in [5.41, 5.74) is 0.925. The van der Waals surface area contributed by atoms with Gasteiger partial charge in [0.05, 0.1) is 4.90 Å². The number of amides is 2. The molecule has 24 heavy (non-hydrogen) atoms. The van der Waals surface area contributed by atoms with Crippen LogP contribution in [0.2, 0.25) is 0 Å². The van der Waals surface area contributed by atoms with E-state index in [1.165, 1.54) is 17.0 Å². The van der Waals surface area contributed by atoms with Crippen LogP contribution in [0.25, 0.3) is 0 Å². The highest BCUT2D eigenvalue weighted by Gasteiger charge is 2.44. The number of carbonyl (C=O) groups excluding carboxylic acids is 2. The van der Waals surface area contributed by atoms with Crippen LogP contribution < -0.4 is 0 Å². The lowest BCUT2D eigenvalue weighted by atomic mass is 10.2. The van der Waals surface area contributed by atoms with Crippen LogP contribution in [-0.4, -0.2) is 49.1 Å². The number of unbranched alkanes of at least 4 members (excludes halogenated alkanes) is 1. The molecule has 0 saturated carbocycles. The molecule has 1 aromatic carbocycles. The lowest BCUT2D eigenvalue weighted by Gasteiger charge is -2.27. The van der Waals surface area contributed by atoms with Gasteiger partial charge in [-0.3, -0.25) is 9.59 Å². The van der Waals surface area contributed by atoms with Gasteiger partial charge in [-0.25, -0.2) is 12.7 Å². The maximum absolute atomic E-state index is 12.8. The van der Waals surface area contributed by atoms with Gasteiger partial charge >= 0.3 is 0 Å². The Balaban J connectivity index is 2.30. The van der Waals surface area contributed by atoms with Crippen molar-refractivity contribution in [1.82, 2.24) is 9.21 Å². The number of hydrogen-bond donors (Lipinski definition) is 0. The van der Waals surface area contributed by atoms with Crippen molar-refractivity contribution < 1.29 is 18.0 Å². The monoisotopic (exact) mass is 352 g/mol. The van der Waals surface area contributed by atoms with Crippen LogP contribution in [0.1, 0.15) is 38.2 Å². The molecule has 0 aromatic heterocycles. The van der Waals surface area contributed by atoms with E-state index in [1.807, 2.05) is 13.8 Å². The van der Waals surface area contributed by atoms with Gasteiger partial charge in [0.1, 0.15) is 6.04 Å². The molecule has 1 aromatic rings. The zero-order valence-corrected chi connectivity index (χ0v) is 15.2. The molecular formula is C17H24N2O4S. The van der Waals surface area contributed by atoms with Crippen molar-refractivity contribution in [3.63, 3.8) is 0 Å². The summed E-state index contributed by atoms with van der Waals surface area (Å²) in [6, 6.07) is 5.36. The number of sulfonamides is 1. The average Bonchev–Trinajstić information content (AvgIpc) is 2.94. The van der Waals surface area contributed by atoms with Gasteiger partial charge in [0, 0.05) is 20.0 Å². The third-order valence-corrected chi connectivity index (χ3v) is 6.09. The molecule has 1 atom stereocenters. The Bertz CT molecular complexity index is 713. The minimum absolute atomic E-state index is 0.0392. The van der Waals surface area contributed by atoms with Crippen LogP contribution >= 0.6 is 0 Å². The molecule has 2 rings (SSSR count). The van der Waals surface area contributed by atoms with Crippen LogP contribution in [0.4, 0.5) is 0 Å². The zero-order valence-electron chi connectivity index (χ0n) is 14.4. The lowest BCUT2D eigenvalue weighted by Crippen LogP contribution is -2.48. The maximum atomic E-state index is 12.8.